The van der Waals surface area contributed by atoms with Crippen LogP contribution in [0.1, 0.15) is 42.9 Å². The van der Waals surface area contributed by atoms with Crippen LogP contribution in [0.2, 0.25) is 0 Å². The molecule has 114 valence electrons. The second-order valence-electron chi connectivity index (χ2n) is 7.06. The maximum atomic E-state index is 3.89. The lowest BCUT2D eigenvalue weighted by atomic mass is 9.90. The standard InChI is InChI=1S/C18H26N2S/c1-20-15-6-7-16(20)9-13(8-15)10-19-18-12-21-11-14-4-2-3-5-17(14)18/h2-5,13,15-16,18-19H,6-12H2,1H3. The van der Waals surface area contributed by atoms with E-state index in [-0.39, 0.29) is 0 Å². The van der Waals surface area contributed by atoms with Crippen LogP contribution in [0.25, 0.3) is 0 Å². The summed E-state index contributed by atoms with van der Waals surface area (Å²) < 4.78 is 0. The Bertz CT molecular complexity index is 490. The summed E-state index contributed by atoms with van der Waals surface area (Å²) in [7, 11) is 2.33. The lowest BCUT2D eigenvalue weighted by Crippen LogP contribution is -2.43. The minimum Gasteiger partial charge on any atom is -0.309 e. The van der Waals surface area contributed by atoms with Gasteiger partial charge in [0, 0.05) is 29.6 Å². The first-order valence-electron chi connectivity index (χ1n) is 8.42. The van der Waals surface area contributed by atoms with Crippen LogP contribution >= 0.6 is 11.8 Å². The summed E-state index contributed by atoms with van der Waals surface area (Å²) in [5.41, 5.74) is 3.09. The molecule has 3 aliphatic rings. The second kappa shape index (κ2) is 5.94. The van der Waals surface area contributed by atoms with Gasteiger partial charge in [-0.2, -0.15) is 11.8 Å². The van der Waals surface area contributed by atoms with E-state index < -0.39 is 0 Å². The van der Waals surface area contributed by atoms with Crippen LogP contribution in [-0.4, -0.2) is 36.3 Å². The van der Waals surface area contributed by atoms with Gasteiger partial charge in [0.05, 0.1) is 0 Å². The summed E-state index contributed by atoms with van der Waals surface area (Å²) in [5, 5.41) is 3.89. The van der Waals surface area contributed by atoms with Gasteiger partial charge >= 0.3 is 0 Å². The Morgan fingerprint density at radius 1 is 1.19 bits per heavy atom. The van der Waals surface area contributed by atoms with Crippen LogP contribution in [0.4, 0.5) is 0 Å². The summed E-state index contributed by atoms with van der Waals surface area (Å²) in [6.45, 7) is 1.21. The number of benzene rings is 1. The summed E-state index contributed by atoms with van der Waals surface area (Å²) in [5.74, 6) is 3.31. The molecule has 3 unspecified atom stereocenters. The minimum absolute atomic E-state index is 0.567. The number of nitrogens with one attached hydrogen (secondary N) is 1. The highest BCUT2D eigenvalue weighted by Gasteiger charge is 2.38. The zero-order valence-electron chi connectivity index (χ0n) is 12.9. The van der Waals surface area contributed by atoms with Crippen molar-refractivity contribution in [2.24, 2.45) is 5.92 Å². The highest BCUT2D eigenvalue weighted by Crippen LogP contribution is 2.38. The molecule has 2 bridgehead atoms. The fourth-order valence-corrected chi connectivity index (χ4v) is 5.68. The number of rotatable bonds is 3. The van der Waals surface area contributed by atoms with Crippen LogP contribution in [0, 0.1) is 5.92 Å². The number of nitrogens with zero attached hydrogens (tertiary/aromatic N) is 1. The lowest BCUT2D eigenvalue weighted by Gasteiger charge is -2.37. The highest BCUT2D eigenvalue weighted by atomic mass is 32.2. The molecule has 21 heavy (non-hydrogen) atoms. The molecule has 0 radical (unpaired) electrons. The van der Waals surface area contributed by atoms with Gasteiger partial charge in [0.25, 0.3) is 0 Å². The molecule has 1 aromatic rings. The van der Waals surface area contributed by atoms with Crippen LogP contribution < -0.4 is 5.32 Å². The second-order valence-corrected chi connectivity index (χ2v) is 8.09. The average molecular weight is 302 g/mol. The molecule has 2 fully saturated rings. The quantitative estimate of drug-likeness (QED) is 0.921. The summed E-state index contributed by atoms with van der Waals surface area (Å²) in [4.78, 5) is 2.64. The van der Waals surface area contributed by atoms with E-state index in [1.807, 2.05) is 0 Å². The van der Waals surface area contributed by atoms with Crippen molar-refractivity contribution in [1.29, 1.82) is 0 Å². The number of fused-ring (bicyclic) bond motifs is 3. The van der Waals surface area contributed by atoms with Gasteiger partial charge in [0.1, 0.15) is 0 Å². The Morgan fingerprint density at radius 3 is 2.76 bits per heavy atom. The molecule has 0 aliphatic carbocycles. The van der Waals surface area contributed by atoms with Crippen molar-refractivity contribution in [2.75, 3.05) is 19.3 Å². The fourth-order valence-electron chi connectivity index (χ4n) is 4.55. The Hall–Kier alpha value is -0.510. The van der Waals surface area contributed by atoms with Gasteiger partial charge in [-0.15, -0.1) is 0 Å². The zero-order chi connectivity index (χ0) is 14.2. The average Bonchev–Trinajstić information content (AvgIpc) is 2.75. The smallest absolute Gasteiger partial charge is 0.0415 e. The molecule has 2 nitrogen and oxygen atoms in total. The fraction of sp³-hybridized carbons (Fsp3) is 0.667. The third kappa shape index (κ3) is 2.76. The van der Waals surface area contributed by atoms with Crippen LogP contribution in [0.5, 0.6) is 0 Å². The van der Waals surface area contributed by atoms with E-state index in [0.29, 0.717) is 6.04 Å². The van der Waals surface area contributed by atoms with Crippen molar-refractivity contribution in [3.63, 3.8) is 0 Å². The third-order valence-corrected chi connectivity index (χ3v) is 6.91. The molecule has 0 saturated carbocycles. The normalized spacial score (nSPS) is 35.7. The molecule has 3 aliphatic heterocycles. The Kier molecular flexibility index (Phi) is 3.99. The first-order chi connectivity index (χ1) is 10.3. The maximum Gasteiger partial charge on any atom is 0.0415 e. The van der Waals surface area contributed by atoms with Gasteiger partial charge in [-0.25, -0.2) is 0 Å². The summed E-state index contributed by atoms with van der Waals surface area (Å²) in [6, 6.07) is 11.3. The molecule has 0 amide bonds. The highest BCUT2D eigenvalue weighted by molar-refractivity contribution is 7.98. The van der Waals surface area contributed by atoms with Crippen LogP contribution in [0.15, 0.2) is 24.3 Å². The topological polar surface area (TPSA) is 15.3 Å². The lowest BCUT2D eigenvalue weighted by molar-refractivity contribution is 0.131. The molecular formula is C18H26N2S. The van der Waals surface area contributed by atoms with E-state index in [1.54, 1.807) is 5.56 Å². The molecule has 3 heteroatoms. The van der Waals surface area contributed by atoms with E-state index in [2.05, 4.69) is 53.3 Å². The molecule has 3 heterocycles. The van der Waals surface area contributed by atoms with Gasteiger partial charge in [0.15, 0.2) is 0 Å². The van der Waals surface area contributed by atoms with E-state index in [1.165, 1.54) is 49.3 Å². The number of thioether (sulfide) groups is 1. The molecule has 2 saturated heterocycles. The predicted molar refractivity (Wildman–Crippen MR) is 90.6 cm³/mol. The summed E-state index contributed by atoms with van der Waals surface area (Å²) in [6.07, 6.45) is 5.67. The van der Waals surface area contributed by atoms with Crippen LogP contribution in [-0.2, 0) is 5.75 Å². The summed E-state index contributed by atoms with van der Waals surface area (Å²) >= 11 is 2.08. The monoisotopic (exact) mass is 302 g/mol. The molecule has 3 atom stereocenters. The Labute approximate surface area is 132 Å². The Balaban J connectivity index is 1.38. The van der Waals surface area contributed by atoms with Crippen molar-refractivity contribution >= 4 is 11.8 Å². The van der Waals surface area contributed by atoms with Crippen molar-refractivity contribution < 1.29 is 0 Å². The van der Waals surface area contributed by atoms with Crippen molar-refractivity contribution in [2.45, 2.75) is 49.6 Å². The predicted octanol–water partition coefficient (Wildman–Crippen LogP) is 3.44. The zero-order valence-corrected chi connectivity index (χ0v) is 13.7. The van der Waals surface area contributed by atoms with Crippen LogP contribution in [0.3, 0.4) is 0 Å². The number of hydrogen-bond acceptors (Lipinski definition) is 3. The van der Waals surface area contributed by atoms with E-state index in [4.69, 9.17) is 0 Å². The third-order valence-electron chi connectivity index (χ3n) is 5.82. The van der Waals surface area contributed by atoms with Crippen molar-refractivity contribution in [1.82, 2.24) is 10.2 Å². The first kappa shape index (κ1) is 14.1. The van der Waals surface area contributed by atoms with Gasteiger partial charge < -0.3 is 10.2 Å². The van der Waals surface area contributed by atoms with Crippen molar-refractivity contribution in [3.8, 4) is 0 Å². The number of hydrogen-bond donors (Lipinski definition) is 1. The molecular weight excluding hydrogens is 276 g/mol. The van der Waals surface area contributed by atoms with Gasteiger partial charge in [-0.05, 0) is 56.3 Å². The molecule has 1 N–H and O–H groups in total. The molecule has 1 aromatic carbocycles. The first-order valence-corrected chi connectivity index (χ1v) is 9.57. The SMILES string of the molecule is CN1C2CCC1CC(CNC1CSCc3ccccc31)C2. The molecule has 4 rings (SSSR count). The largest absolute Gasteiger partial charge is 0.309 e. The van der Waals surface area contributed by atoms with Gasteiger partial charge in [-0.1, -0.05) is 24.3 Å². The molecule has 0 spiro atoms. The van der Waals surface area contributed by atoms with Gasteiger partial charge in [-0.3, -0.25) is 0 Å². The van der Waals surface area contributed by atoms with E-state index in [9.17, 15) is 0 Å². The molecule has 0 aromatic heterocycles. The Morgan fingerprint density at radius 2 is 1.95 bits per heavy atom. The van der Waals surface area contributed by atoms with Gasteiger partial charge in [0.2, 0.25) is 0 Å². The van der Waals surface area contributed by atoms with Crippen molar-refractivity contribution in [3.05, 3.63) is 35.4 Å². The maximum absolute atomic E-state index is 3.89. The van der Waals surface area contributed by atoms with E-state index in [0.717, 1.165) is 18.0 Å². The van der Waals surface area contributed by atoms with E-state index >= 15 is 0 Å². The number of piperidine rings is 1. The minimum atomic E-state index is 0.567.